The van der Waals surface area contributed by atoms with Gasteiger partial charge < -0.3 is 15.4 Å². The number of nitrogens with one attached hydrogen (secondary N) is 2. The molecule has 0 aliphatic heterocycles. The summed E-state index contributed by atoms with van der Waals surface area (Å²) in [5, 5.41) is 6.78. The van der Waals surface area contributed by atoms with E-state index >= 15 is 0 Å². The van der Waals surface area contributed by atoms with E-state index in [9.17, 15) is 4.79 Å². The zero-order chi connectivity index (χ0) is 14.5. The molecule has 1 aromatic carbocycles. The summed E-state index contributed by atoms with van der Waals surface area (Å²) in [4.78, 5) is 11.4. The van der Waals surface area contributed by atoms with Gasteiger partial charge in [-0.05, 0) is 39.0 Å². The molecule has 0 heterocycles. The summed E-state index contributed by atoms with van der Waals surface area (Å²) in [5.74, 6) is 0. The van der Waals surface area contributed by atoms with E-state index in [1.54, 1.807) is 12.1 Å². The van der Waals surface area contributed by atoms with E-state index in [-0.39, 0.29) is 0 Å². The molecule has 4 nitrogen and oxygen atoms in total. The summed E-state index contributed by atoms with van der Waals surface area (Å²) in [5.41, 5.74) is 0.363. The SMILES string of the molecule is CC(C)(C)OC(=O)NCCNc1ccc(Cl)c(Cl)c1. The summed E-state index contributed by atoms with van der Waals surface area (Å²) in [7, 11) is 0. The Hall–Kier alpha value is -1.13. The van der Waals surface area contributed by atoms with Gasteiger partial charge in [0, 0.05) is 18.8 Å². The Morgan fingerprint density at radius 1 is 1.21 bits per heavy atom. The van der Waals surface area contributed by atoms with E-state index in [1.165, 1.54) is 0 Å². The van der Waals surface area contributed by atoms with E-state index < -0.39 is 11.7 Å². The lowest BCUT2D eigenvalue weighted by molar-refractivity contribution is 0.0530. The van der Waals surface area contributed by atoms with E-state index in [4.69, 9.17) is 27.9 Å². The molecule has 1 aromatic rings. The van der Waals surface area contributed by atoms with Crippen LogP contribution in [0, 0.1) is 0 Å². The number of carbonyl (C=O) groups is 1. The van der Waals surface area contributed by atoms with Crippen molar-refractivity contribution in [2.45, 2.75) is 26.4 Å². The summed E-state index contributed by atoms with van der Waals surface area (Å²) < 4.78 is 5.11. The van der Waals surface area contributed by atoms with Gasteiger partial charge in [-0.3, -0.25) is 0 Å². The molecule has 0 radical (unpaired) electrons. The molecule has 0 spiro atoms. The summed E-state index contributed by atoms with van der Waals surface area (Å²) in [6, 6.07) is 5.27. The Balaban J connectivity index is 2.27. The van der Waals surface area contributed by atoms with E-state index in [2.05, 4.69) is 10.6 Å². The second-order valence-corrected chi connectivity index (χ2v) is 5.80. The number of alkyl carbamates (subject to hydrolysis) is 1. The van der Waals surface area contributed by atoms with Gasteiger partial charge >= 0.3 is 6.09 Å². The predicted molar refractivity (Wildman–Crippen MR) is 79.2 cm³/mol. The normalized spacial score (nSPS) is 11.0. The highest BCUT2D eigenvalue weighted by Gasteiger charge is 2.15. The minimum absolute atomic E-state index is 0.427. The van der Waals surface area contributed by atoms with Gasteiger partial charge in [0.25, 0.3) is 0 Å². The molecular formula is C13H18Cl2N2O2. The van der Waals surface area contributed by atoms with Gasteiger partial charge in [0.05, 0.1) is 10.0 Å². The average molecular weight is 305 g/mol. The summed E-state index contributed by atoms with van der Waals surface area (Å²) in [6.07, 6.45) is -0.427. The first-order valence-corrected chi connectivity index (χ1v) is 6.69. The van der Waals surface area contributed by atoms with Crippen LogP contribution in [-0.2, 0) is 4.74 Å². The van der Waals surface area contributed by atoms with Crippen LogP contribution in [0.2, 0.25) is 10.0 Å². The summed E-state index contributed by atoms with van der Waals surface area (Å²) >= 11 is 11.7. The minimum atomic E-state index is -0.485. The molecule has 0 saturated heterocycles. The predicted octanol–water partition coefficient (Wildman–Crippen LogP) is 3.93. The molecule has 0 aliphatic rings. The van der Waals surface area contributed by atoms with Crippen LogP contribution < -0.4 is 10.6 Å². The number of carbonyl (C=O) groups excluding carboxylic acids is 1. The first-order valence-electron chi connectivity index (χ1n) is 5.94. The third-order valence-corrected chi connectivity index (χ3v) is 2.78. The van der Waals surface area contributed by atoms with Crippen molar-refractivity contribution in [1.82, 2.24) is 5.32 Å². The maximum absolute atomic E-state index is 11.4. The van der Waals surface area contributed by atoms with Crippen molar-refractivity contribution in [1.29, 1.82) is 0 Å². The highest BCUT2D eigenvalue weighted by Crippen LogP contribution is 2.24. The third-order valence-electron chi connectivity index (χ3n) is 2.04. The van der Waals surface area contributed by atoms with Gasteiger partial charge in [0.15, 0.2) is 0 Å². The lowest BCUT2D eigenvalue weighted by Crippen LogP contribution is -2.34. The molecule has 0 bridgehead atoms. The van der Waals surface area contributed by atoms with Crippen LogP contribution in [0.15, 0.2) is 18.2 Å². The molecule has 0 aromatic heterocycles. The molecule has 0 unspecified atom stereocenters. The van der Waals surface area contributed by atoms with Gasteiger partial charge in [-0.15, -0.1) is 0 Å². The Kier molecular flexibility index (Phi) is 5.76. The van der Waals surface area contributed by atoms with Crippen LogP contribution >= 0.6 is 23.2 Å². The molecule has 0 saturated carbocycles. The zero-order valence-electron chi connectivity index (χ0n) is 11.2. The van der Waals surface area contributed by atoms with Crippen molar-refractivity contribution in [2.24, 2.45) is 0 Å². The highest BCUT2D eigenvalue weighted by atomic mass is 35.5. The van der Waals surface area contributed by atoms with E-state index in [0.29, 0.717) is 23.1 Å². The molecule has 106 valence electrons. The standard InChI is InChI=1S/C13H18Cl2N2O2/c1-13(2,3)19-12(18)17-7-6-16-9-4-5-10(14)11(15)8-9/h4-5,8,16H,6-7H2,1-3H3,(H,17,18). The smallest absolute Gasteiger partial charge is 0.407 e. The maximum atomic E-state index is 11.4. The lowest BCUT2D eigenvalue weighted by atomic mass is 10.2. The molecule has 0 aliphatic carbocycles. The lowest BCUT2D eigenvalue weighted by Gasteiger charge is -2.19. The fourth-order valence-electron chi connectivity index (χ4n) is 1.29. The molecular weight excluding hydrogens is 287 g/mol. The minimum Gasteiger partial charge on any atom is -0.444 e. The van der Waals surface area contributed by atoms with E-state index in [0.717, 1.165) is 5.69 Å². The number of hydrogen-bond acceptors (Lipinski definition) is 3. The van der Waals surface area contributed by atoms with Gasteiger partial charge in [0.2, 0.25) is 0 Å². The van der Waals surface area contributed by atoms with E-state index in [1.807, 2.05) is 26.8 Å². The first kappa shape index (κ1) is 15.9. The fourth-order valence-corrected chi connectivity index (χ4v) is 1.59. The number of anilines is 1. The van der Waals surface area contributed by atoms with Crippen LogP contribution in [0.1, 0.15) is 20.8 Å². The van der Waals surface area contributed by atoms with Crippen molar-refractivity contribution in [2.75, 3.05) is 18.4 Å². The average Bonchev–Trinajstić information content (AvgIpc) is 2.27. The first-order chi connectivity index (χ1) is 8.78. The Morgan fingerprint density at radius 3 is 2.47 bits per heavy atom. The molecule has 2 N–H and O–H groups in total. The third kappa shape index (κ3) is 6.55. The largest absolute Gasteiger partial charge is 0.444 e. The Labute approximate surface area is 123 Å². The summed E-state index contributed by atoms with van der Waals surface area (Å²) in [6.45, 7) is 6.48. The fraction of sp³-hybridized carbons (Fsp3) is 0.462. The monoisotopic (exact) mass is 304 g/mol. The Bertz CT molecular complexity index is 445. The number of amides is 1. The van der Waals surface area contributed by atoms with Crippen LogP contribution in [0.5, 0.6) is 0 Å². The van der Waals surface area contributed by atoms with Gasteiger partial charge in [-0.2, -0.15) is 0 Å². The highest BCUT2D eigenvalue weighted by molar-refractivity contribution is 6.42. The van der Waals surface area contributed by atoms with Gasteiger partial charge in [0.1, 0.15) is 5.60 Å². The topological polar surface area (TPSA) is 50.4 Å². The van der Waals surface area contributed by atoms with Crippen LogP contribution in [-0.4, -0.2) is 24.8 Å². The van der Waals surface area contributed by atoms with Crippen molar-refractivity contribution < 1.29 is 9.53 Å². The van der Waals surface area contributed by atoms with Gasteiger partial charge in [-0.1, -0.05) is 23.2 Å². The quantitative estimate of drug-likeness (QED) is 0.829. The molecule has 1 rings (SSSR count). The number of benzene rings is 1. The number of halogens is 2. The van der Waals surface area contributed by atoms with Crippen LogP contribution in [0.3, 0.4) is 0 Å². The maximum Gasteiger partial charge on any atom is 0.407 e. The Morgan fingerprint density at radius 2 is 1.89 bits per heavy atom. The number of hydrogen-bond donors (Lipinski definition) is 2. The molecule has 6 heteroatoms. The second-order valence-electron chi connectivity index (χ2n) is 4.98. The van der Waals surface area contributed by atoms with Crippen molar-refractivity contribution in [3.63, 3.8) is 0 Å². The van der Waals surface area contributed by atoms with Crippen LogP contribution in [0.25, 0.3) is 0 Å². The molecule has 1 amide bonds. The molecule has 0 atom stereocenters. The second kappa shape index (κ2) is 6.87. The number of ether oxygens (including phenoxy) is 1. The van der Waals surface area contributed by atoms with Crippen molar-refractivity contribution >= 4 is 35.0 Å². The number of rotatable bonds is 4. The van der Waals surface area contributed by atoms with Crippen molar-refractivity contribution in [3.8, 4) is 0 Å². The molecule has 0 fully saturated rings. The molecule has 19 heavy (non-hydrogen) atoms. The zero-order valence-corrected chi connectivity index (χ0v) is 12.7. The van der Waals surface area contributed by atoms with Crippen molar-refractivity contribution in [3.05, 3.63) is 28.2 Å². The van der Waals surface area contributed by atoms with Crippen LogP contribution in [0.4, 0.5) is 10.5 Å². The van der Waals surface area contributed by atoms with Gasteiger partial charge in [-0.25, -0.2) is 4.79 Å².